The molecule has 0 saturated carbocycles. The van der Waals surface area contributed by atoms with Crippen LogP contribution in [0.1, 0.15) is 12.5 Å². The maximum absolute atomic E-state index is 5.84. The first-order valence-corrected chi connectivity index (χ1v) is 8.10. The standard InChI is InChI=1S/C18H18N2OS/c1-3-21-17-8-7-13(9-12(17)2)16-11-22-18(20-16)14-5-4-6-15(19)10-14/h4-11H,3,19H2,1-2H3. The minimum absolute atomic E-state index is 0.677. The Bertz CT molecular complexity index is 795. The van der Waals surface area contributed by atoms with Gasteiger partial charge in [-0.25, -0.2) is 4.98 Å². The van der Waals surface area contributed by atoms with Gasteiger partial charge in [0.15, 0.2) is 0 Å². The molecular weight excluding hydrogens is 292 g/mol. The van der Waals surface area contributed by atoms with Crippen LogP contribution >= 0.6 is 11.3 Å². The van der Waals surface area contributed by atoms with E-state index in [0.29, 0.717) is 6.61 Å². The number of nitrogen functional groups attached to an aromatic ring is 1. The van der Waals surface area contributed by atoms with Gasteiger partial charge >= 0.3 is 0 Å². The van der Waals surface area contributed by atoms with E-state index >= 15 is 0 Å². The van der Waals surface area contributed by atoms with Crippen LogP contribution in [0.15, 0.2) is 47.8 Å². The molecule has 4 heteroatoms. The fraction of sp³-hybridized carbons (Fsp3) is 0.167. The summed E-state index contributed by atoms with van der Waals surface area (Å²) in [6, 6.07) is 14.0. The lowest BCUT2D eigenvalue weighted by Gasteiger charge is -2.07. The van der Waals surface area contributed by atoms with E-state index in [9.17, 15) is 0 Å². The molecule has 0 amide bonds. The number of ether oxygens (including phenoxy) is 1. The Kier molecular flexibility index (Phi) is 4.11. The lowest BCUT2D eigenvalue weighted by molar-refractivity contribution is 0.338. The summed E-state index contributed by atoms with van der Waals surface area (Å²) in [7, 11) is 0. The van der Waals surface area contributed by atoms with E-state index in [1.165, 1.54) is 0 Å². The van der Waals surface area contributed by atoms with Crippen molar-refractivity contribution in [2.45, 2.75) is 13.8 Å². The maximum atomic E-state index is 5.84. The molecular formula is C18H18N2OS. The first kappa shape index (κ1) is 14.6. The van der Waals surface area contributed by atoms with Crippen LogP contribution in [-0.2, 0) is 0 Å². The zero-order chi connectivity index (χ0) is 15.5. The van der Waals surface area contributed by atoms with Gasteiger partial charge in [0.05, 0.1) is 12.3 Å². The molecule has 0 radical (unpaired) electrons. The molecule has 22 heavy (non-hydrogen) atoms. The molecule has 0 bridgehead atoms. The third-order valence-corrected chi connectivity index (χ3v) is 4.30. The fourth-order valence-electron chi connectivity index (χ4n) is 2.34. The highest BCUT2D eigenvalue weighted by atomic mass is 32.1. The van der Waals surface area contributed by atoms with Crippen LogP contribution in [0.2, 0.25) is 0 Å². The molecule has 0 unspecified atom stereocenters. The van der Waals surface area contributed by atoms with Gasteiger partial charge < -0.3 is 10.5 Å². The Morgan fingerprint density at radius 3 is 2.73 bits per heavy atom. The van der Waals surface area contributed by atoms with Crippen molar-refractivity contribution in [1.29, 1.82) is 0 Å². The van der Waals surface area contributed by atoms with E-state index in [1.807, 2.05) is 37.3 Å². The van der Waals surface area contributed by atoms with E-state index in [4.69, 9.17) is 15.5 Å². The molecule has 3 nitrogen and oxygen atoms in total. The summed E-state index contributed by atoms with van der Waals surface area (Å²) in [5.41, 5.74) is 10.9. The van der Waals surface area contributed by atoms with Crippen LogP contribution in [-0.4, -0.2) is 11.6 Å². The quantitative estimate of drug-likeness (QED) is 0.706. The third kappa shape index (κ3) is 2.97. The van der Waals surface area contributed by atoms with Crippen molar-refractivity contribution in [3.8, 4) is 27.6 Å². The summed E-state index contributed by atoms with van der Waals surface area (Å²) in [6.45, 7) is 4.72. The van der Waals surface area contributed by atoms with Crippen LogP contribution in [0, 0.1) is 6.92 Å². The van der Waals surface area contributed by atoms with Crippen molar-refractivity contribution < 1.29 is 4.74 Å². The molecule has 1 aromatic heterocycles. The molecule has 3 aromatic rings. The molecule has 0 aliphatic carbocycles. The highest BCUT2D eigenvalue weighted by Gasteiger charge is 2.08. The van der Waals surface area contributed by atoms with Crippen LogP contribution < -0.4 is 10.5 Å². The van der Waals surface area contributed by atoms with Gasteiger partial charge in [0.1, 0.15) is 10.8 Å². The highest BCUT2D eigenvalue weighted by Crippen LogP contribution is 2.31. The molecule has 0 atom stereocenters. The molecule has 112 valence electrons. The van der Waals surface area contributed by atoms with Gasteiger partial charge in [-0.15, -0.1) is 11.3 Å². The molecule has 0 saturated heterocycles. The first-order valence-electron chi connectivity index (χ1n) is 7.22. The predicted molar refractivity (Wildman–Crippen MR) is 93.3 cm³/mol. The zero-order valence-corrected chi connectivity index (χ0v) is 13.5. The predicted octanol–water partition coefficient (Wildman–Crippen LogP) is 4.77. The number of aromatic nitrogens is 1. The lowest BCUT2D eigenvalue weighted by Crippen LogP contribution is -1.94. The van der Waals surface area contributed by atoms with Crippen molar-refractivity contribution in [1.82, 2.24) is 4.98 Å². The number of hydrogen-bond donors (Lipinski definition) is 1. The Hall–Kier alpha value is -2.33. The van der Waals surface area contributed by atoms with Gasteiger partial charge in [-0.3, -0.25) is 0 Å². The SMILES string of the molecule is CCOc1ccc(-c2csc(-c3cccc(N)c3)n2)cc1C. The van der Waals surface area contributed by atoms with E-state index in [0.717, 1.165) is 38.8 Å². The average Bonchev–Trinajstić information content (AvgIpc) is 2.99. The summed E-state index contributed by atoms with van der Waals surface area (Å²) >= 11 is 1.63. The number of rotatable bonds is 4. The second-order valence-electron chi connectivity index (χ2n) is 5.08. The van der Waals surface area contributed by atoms with Crippen LogP contribution in [0.25, 0.3) is 21.8 Å². The van der Waals surface area contributed by atoms with Gasteiger partial charge in [0.25, 0.3) is 0 Å². The van der Waals surface area contributed by atoms with Gasteiger partial charge in [-0.05, 0) is 49.7 Å². The zero-order valence-electron chi connectivity index (χ0n) is 12.7. The molecule has 0 aliphatic heterocycles. The minimum atomic E-state index is 0.677. The van der Waals surface area contributed by atoms with Crippen molar-refractivity contribution in [3.05, 3.63) is 53.4 Å². The monoisotopic (exact) mass is 310 g/mol. The van der Waals surface area contributed by atoms with E-state index < -0.39 is 0 Å². The summed E-state index contributed by atoms with van der Waals surface area (Å²) in [5.74, 6) is 0.928. The smallest absolute Gasteiger partial charge is 0.124 e. The van der Waals surface area contributed by atoms with E-state index in [2.05, 4.69) is 24.4 Å². The molecule has 0 fully saturated rings. The van der Waals surface area contributed by atoms with Gasteiger partial charge in [0.2, 0.25) is 0 Å². The lowest BCUT2D eigenvalue weighted by atomic mass is 10.1. The number of nitrogens with zero attached hydrogens (tertiary/aromatic N) is 1. The van der Waals surface area contributed by atoms with Gasteiger partial charge in [-0.1, -0.05) is 12.1 Å². The Labute approximate surface area is 134 Å². The first-order chi connectivity index (χ1) is 10.7. The number of thiazole rings is 1. The van der Waals surface area contributed by atoms with Crippen molar-refractivity contribution in [2.24, 2.45) is 0 Å². The summed E-state index contributed by atoms with van der Waals surface area (Å²) < 4.78 is 5.58. The van der Waals surface area contributed by atoms with Gasteiger partial charge in [0, 0.05) is 22.2 Å². The summed E-state index contributed by atoms with van der Waals surface area (Å²) in [4.78, 5) is 4.73. The van der Waals surface area contributed by atoms with E-state index in [-0.39, 0.29) is 0 Å². The molecule has 0 spiro atoms. The Morgan fingerprint density at radius 1 is 1.14 bits per heavy atom. The van der Waals surface area contributed by atoms with Crippen LogP contribution in [0.3, 0.4) is 0 Å². The van der Waals surface area contributed by atoms with Crippen molar-refractivity contribution in [2.75, 3.05) is 12.3 Å². The second kappa shape index (κ2) is 6.20. The maximum Gasteiger partial charge on any atom is 0.124 e. The Morgan fingerprint density at radius 2 is 2.00 bits per heavy atom. The van der Waals surface area contributed by atoms with E-state index in [1.54, 1.807) is 11.3 Å². The van der Waals surface area contributed by atoms with Gasteiger partial charge in [-0.2, -0.15) is 0 Å². The molecule has 2 aromatic carbocycles. The van der Waals surface area contributed by atoms with Crippen molar-refractivity contribution in [3.63, 3.8) is 0 Å². The van der Waals surface area contributed by atoms with Crippen molar-refractivity contribution >= 4 is 17.0 Å². The molecule has 1 heterocycles. The van der Waals surface area contributed by atoms with Crippen LogP contribution in [0.5, 0.6) is 5.75 Å². The highest BCUT2D eigenvalue weighted by molar-refractivity contribution is 7.13. The van der Waals surface area contributed by atoms with Crippen LogP contribution in [0.4, 0.5) is 5.69 Å². The number of anilines is 1. The topological polar surface area (TPSA) is 48.1 Å². The average molecular weight is 310 g/mol. The second-order valence-corrected chi connectivity index (χ2v) is 5.93. The number of benzene rings is 2. The minimum Gasteiger partial charge on any atom is -0.494 e. The molecule has 2 N–H and O–H groups in total. The largest absolute Gasteiger partial charge is 0.494 e. The fourth-order valence-corrected chi connectivity index (χ4v) is 3.16. The third-order valence-electron chi connectivity index (χ3n) is 3.41. The number of aryl methyl sites for hydroxylation is 1. The Balaban J connectivity index is 1.92. The number of nitrogens with two attached hydrogens (primary N) is 1. The molecule has 3 rings (SSSR count). The normalized spacial score (nSPS) is 10.6. The number of hydrogen-bond acceptors (Lipinski definition) is 4. The summed E-state index contributed by atoms with van der Waals surface area (Å²) in [5, 5.41) is 3.06. The molecule has 0 aliphatic rings. The summed E-state index contributed by atoms with van der Waals surface area (Å²) in [6.07, 6.45) is 0.